The predicted octanol–water partition coefficient (Wildman–Crippen LogP) is 2.10. The summed E-state index contributed by atoms with van der Waals surface area (Å²) in [5, 5.41) is 2.76. The summed E-state index contributed by atoms with van der Waals surface area (Å²) in [6.07, 6.45) is 0.250. The molecule has 0 spiro atoms. The number of carbonyl (C=O) groups is 1. The Balaban J connectivity index is 0.00000289. The van der Waals surface area contributed by atoms with Crippen LogP contribution in [0.5, 0.6) is 5.75 Å². The highest BCUT2D eigenvalue weighted by Gasteiger charge is 2.14. The van der Waals surface area contributed by atoms with Crippen LogP contribution in [0.15, 0.2) is 28.7 Å². The highest BCUT2D eigenvalue weighted by Crippen LogP contribution is 2.24. The molecule has 0 aliphatic heterocycles. The van der Waals surface area contributed by atoms with Crippen LogP contribution < -0.4 is 15.8 Å². The minimum absolute atomic E-state index is 0. The van der Waals surface area contributed by atoms with E-state index in [2.05, 4.69) is 21.2 Å². The van der Waals surface area contributed by atoms with Crippen molar-refractivity contribution in [2.75, 3.05) is 13.1 Å². The summed E-state index contributed by atoms with van der Waals surface area (Å²) in [7, 11) is 0. The fourth-order valence-corrected chi connectivity index (χ4v) is 1.62. The van der Waals surface area contributed by atoms with Crippen molar-refractivity contribution in [2.24, 2.45) is 5.73 Å². The van der Waals surface area contributed by atoms with Gasteiger partial charge in [0, 0.05) is 6.54 Å². The summed E-state index contributed by atoms with van der Waals surface area (Å²) in [6.45, 7) is 2.87. The van der Waals surface area contributed by atoms with Crippen molar-refractivity contribution in [3.8, 4) is 5.75 Å². The van der Waals surface area contributed by atoms with E-state index in [4.69, 9.17) is 10.5 Å². The minimum atomic E-state index is -0.522. The summed E-state index contributed by atoms with van der Waals surface area (Å²) in [6, 6.07) is 7.43. The Hall–Kier alpha value is -0.780. The third kappa shape index (κ3) is 5.71. The quantitative estimate of drug-likeness (QED) is 0.781. The first-order chi connectivity index (χ1) is 8.15. The first-order valence-corrected chi connectivity index (χ1v) is 6.33. The Morgan fingerprint density at radius 1 is 1.50 bits per heavy atom. The van der Waals surface area contributed by atoms with Gasteiger partial charge in [-0.25, -0.2) is 0 Å². The molecule has 0 fully saturated rings. The number of rotatable bonds is 6. The smallest absolute Gasteiger partial charge is 0.260 e. The maximum atomic E-state index is 11.6. The van der Waals surface area contributed by atoms with E-state index >= 15 is 0 Å². The van der Waals surface area contributed by atoms with E-state index in [9.17, 15) is 4.79 Å². The van der Waals surface area contributed by atoms with Crippen LogP contribution in [0.2, 0.25) is 0 Å². The van der Waals surface area contributed by atoms with E-state index in [1.807, 2.05) is 24.3 Å². The minimum Gasteiger partial charge on any atom is -0.480 e. The van der Waals surface area contributed by atoms with Crippen LogP contribution in [-0.4, -0.2) is 25.1 Å². The summed E-state index contributed by atoms with van der Waals surface area (Å²) < 4.78 is 6.38. The van der Waals surface area contributed by atoms with E-state index in [1.165, 1.54) is 0 Å². The van der Waals surface area contributed by atoms with E-state index in [0.717, 1.165) is 10.9 Å². The van der Waals surface area contributed by atoms with Crippen molar-refractivity contribution in [3.63, 3.8) is 0 Å². The highest BCUT2D eigenvalue weighted by molar-refractivity contribution is 9.10. The predicted molar refractivity (Wildman–Crippen MR) is 78.2 cm³/mol. The maximum absolute atomic E-state index is 11.6. The Morgan fingerprint density at radius 3 is 2.78 bits per heavy atom. The number of halogens is 2. The van der Waals surface area contributed by atoms with Gasteiger partial charge in [0.1, 0.15) is 5.75 Å². The van der Waals surface area contributed by atoms with Crippen molar-refractivity contribution in [1.29, 1.82) is 0 Å². The van der Waals surface area contributed by atoms with Crippen LogP contribution in [-0.2, 0) is 4.79 Å². The largest absolute Gasteiger partial charge is 0.480 e. The lowest BCUT2D eigenvalue weighted by molar-refractivity contribution is -0.127. The molecular formula is C12H18BrClN2O2. The number of hydrogen-bond donors (Lipinski definition) is 2. The molecule has 1 rings (SSSR count). The van der Waals surface area contributed by atoms with Gasteiger partial charge in [0.2, 0.25) is 0 Å². The second-order valence-corrected chi connectivity index (χ2v) is 4.48. The van der Waals surface area contributed by atoms with Gasteiger partial charge in [0.15, 0.2) is 6.10 Å². The molecule has 6 heteroatoms. The normalized spacial score (nSPS) is 11.3. The first kappa shape index (κ1) is 17.2. The molecule has 1 aromatic carbocycles. The van der Waals surface area contributed by atoms with Gasteiger partial charge >= 0.3 is 0 Å². The maximum Gasteiger partial charge on any atom is 0.260 e. The molecule has 0 heterocycles. The molecule has 0 aromatic heterocycles. The lowest BCUT2D eigenvalue weighted by Gasteiger charge is -2.15. The van der Waals surface area contributed by atoms with Crippen LogP contribution in [0.3, 0.4) is 0 Å². The van der Waals surface area contributed by atoms with Gasteiger partial charge in [-0.1, -0.05) is 12.1 Å². The molecule has 0 aliphatic rings. The lowest BCUT2D eigenvalue weighted by Crippen LogP contribution is -2.37. The molecule has 4 nitrogen and oxygen atoms in total. The average molecular weight is 338 g/mol. The summed E-state index contributed by atoms with van der Waals surface area (Å²) >= 11 is 3.36. The number of nitrogens with two attached hydrogens (primary N) is 1. The van der Waals surface area contributed by atoms with Crippen LogP contribution in [0.25, 0.3) is 0 Å². The molecule has 3 N–H and O–H groups in total. The molecule has 0 bridgehead atoms. The van der Waals surface area contributed by atoms with Crippen LogP contribution in [0.4, 0.5) is 0 Å². The zero-order valence-corrected chi connectivity index (χ0v) is 12.6. The Bertz CT molecular complexity index is 377. The van der Waals surface area contributed by atoms with Crippen LogP contribution in [0, 0.1) is 0 Å². The fourth-order valence-electron chi connectivity index (χ4n) is 1.24. The van der Waals surface area contributed by atoms with Crippen molar-refractivity contribution in [2.45, 2.75) is 19.4 Å². The van der Waals surface area contributed by atoms with Gasteiger partial charge in [-0.3, -0.25) is 4.79 Å². The standard InChI is InChI=1S/C12H17BrN2O2.ClH/c1-9(12(16)15-8-4-7-14)17-11-6-3-2-5-10(11)13;/h2-3,5-6,9H,4,7-8,14H2,1H3,(H,15,16);1H. The molecule has 0 saturated carbocycles. The first-order valence-electron chi connectivity index (χ1n) is 5.54. The zero-order valence-electron chi connectivity index (χ0n) is 10.2. The Labute approximate surface area is 122 Å². The zero-order chi connectivity index (χ0) is 12.7. The number of hydrogen-bond acceptors (Lipinski definition) is 3. The van der Waals surface area contributed by atoms with Crippen molar-refractivity contribution < 1.29 is 9.53 Å². The van der Waals surface area contributed by atoms with Crippen molar-refractivity contribution in [1.82, 2.24) is 5.32 Å². The van der Waals surface area contributed by atoms with Gasteiger partial charge in [0.05, 0.1) is 4.47 Å². The number of amides is 1. The molecule has 0 aliphatic carbocycles. The fraction of sp³-hybridized carbons (Fsp3) is 0.417. The molecule has 102 valence electrons. The molecule has 1 aromatic rings. The third-order valence-corrected chi connectivity index (χ3v) is 2.84. The van der Waals surface area contributed by atoms with Gasteiger partial charge < -0.3 is 15.8 Å². The van der Waals surface area contributed by atoms with Gasteiger partial charge in [-0.15, -0.1) is 12.4 Å². The lowest BCUT2D eigenvalue weighted by atomic mass is 10.3. The number of nitrogens with one attached hydrogen (secondary N) is 1. The molecule has 1 unspecified atom stereocenters. The molecule has 18 heavy (non-hydrogen) atoms. The second-order valence-electron chi connectivity index (χ2n) is 3.62. The summed E-state index contributed by atoms with van der Waals surface area (Å²) in [5.41, 5.74) is 5.35. The Kier molecular flexibility index (Phi) is 8.79. The summed E-state index contributed by atoms with van der Waals surface area (Å²) in [5.74, 6) is 0.531. The van der Waals surface area contributed by atoms with Gasteiger partial charge in [0.25, 0.3) is 5.91 Å². The highest BCUT2D eigenvalue weighted by atomic mass is 79.9. The molecule has 0 radical (unpaired) electrons. The molecule has 0 saturated heterocycles. The van der Waals surface area contributed by atoms with Crippen LogP contribution in [0.1, 0.15) is 13.3 Å². The van der Waals surface area contributed by atoms with E-state index < -0.39 is 6.10 Å². The number of para-hydroxylation sites is 1. The average Bonchev–Trinajstić information content (AvgIpc) is 2.32. The monoisotopic (exact) mass is 336 g/mol. The molecular weight excluding hydrogens is 320 g/mol. The number of ether oxygens (including phenoxy) is 1. The van der Waals surface area contributed by atoms with Crippen molar-refractivity contribution in [3.05, 3.63) is 28.7 Å². The Morgan fingerprint density at radius 2 is 2.17 bits per heavy atom. The molecule has 1 amide bonds. The van der Waals surface area contributed by atoms with Crippen LogP contribution >= 0.6 is 28.3 Å². The van der Waals surface area contributed by atoms with E-state index in [1.54, 1.807) is 6.92 Å². The van der Waals surface area contributed by atoms with E-state index in [0.29, 0.717) is 18.8 Å². The van der Waals surface area contributed by atoms with E-state index in [-0.39, 0.29) is 18.3 Å². The summed E-state index contributed by atoms with van der Waals surface area (Å²) in [4.78, 5) is 11.6. The SMILES string of the molecule is CC(Oc1ccccc1Br)C(=O)NCCCN.Cl. The number of carbonyl (C=O) groups excluding carboxylic acids is 1. The van der Waals surface area contributed by atoms with Gasteiger partial charge in [-0.2, -0.15) is 0 Å². The second kappa shape index (κ2) is 9.19. The molecule has 1 atom stereocenters. The van der Waals surface area contributed by atoms with Crippen molar-refractivity contribution >= 4 is 34.2 Å². The van der Waals surface area contributed by atoms with Gasteiger partial charge in [-0.05, 0) is 48.0 Å². The topological polar surface area (TPSA) is 64.3 Å². The number of benzene rings is 1. The third-order valence-electron chi connectivity index (χ3n) is 2.19.